The average Bonchev–Trinajstić information content (AvgIpc) is 3.68. The highest BCUT2D eigenvalue weighted by Crippen LogP contribution is 2.35. The number of amides is 2. The molecule has 0 bridgehead atoms. The Balaban J connectivity index is 1.34. The van der Waals surface area contributed by atoms with Gasteiger partial charge < -0.3 is 19.1 Å². The number of aryl methyl sites for hydroxylation is 1. The van der Waals surface area contributed by atoms with Gasteiger partial charge in [-0.3, -0.25) is 9.69 Å². The molecule has 6 rings (SSSR count). The van der Waals surface area contributed by atoms with Crippen LogP contribution in [0.1, 0.15) is 74.4 Å². The van der Waals surface area contributed by atoms with Crippen LogP contribution >= 0.6 is 0 Å². The summed E-state index contributed by atoms with van der Waals surface area (Å²) >= 11 is 0. The minimum atomic E-state index is -0.610. The lowest BCUT2D eigenvalue weighted by Crippen LogP contribution is -2.34. The predicted octanol–water partition coefficient (Wildman–Crippen LogP) is 4.20. The van der Waals surface area contributed by atoms with Crippen molar-refractivity contribution in [2.45, 2.75) is 84.7 Å². The molecule has 40 heavy (non-hydrogen) atoms. The fourth-order valence-electron chi connectivity index (χ4n) is 5.76. The summed E-state index contributed by atoms with van der Waals surface area (Å²) in [6.07, 6.45) is 3.69. The van der Waals surface area contributed by atoms with Gasteiger partial charge in [-0.05, 0) is 65.2 Å². The maximum Gasteiger partial charge on any atom is 0.410 e. The maximum atomic E-state index is 13.9. The molecule has 1 atom stereocenters. The highest BCUT2D eigenvalue weighted by molar-refractivity contribution is 6.10. The lowest BCUT2D eigenvalue weighted by molar-refractivity contribution is 0.0282. The first kappa shape index (κ1) is 26.2. The minimum Gasteiger partial charge on any atom is -0.444 e. The SMILES string of the molecule is CC1CCCN1c1cc2c(c(CN(C)C(=O)OC(C)(C)C)n1)CN(c1cccc(-c3nnc4n3CCC4)n1)C2=O. The Kier molecular flexibility index (Phi) is 6.47. The number of pyridine rings is 2. The van der Waals surface area contributed by atoms with E-state index < -0.39 is 11.7 Å². The third kappa shape index (κ3) is 4.77. The highest BCUT2D eigenvalue weighted by atomic mass is 16.6. The van der Waals surface area contributed by atoms with E-state index in [2.05, 4.69) is 26.6 Å². The molecule has 11 heteroatoms. The van der Waals surface area contributed by atoms with Gasteiger partial charge in [-0.2, -0.15) is 0 Å². The monoisotopic (exact) mass is 544 g/mol. The fourth-order valence-corrected chi connectivity index (χ4v) is 5.76. The maximum absolute atomic E-state index is 13.9. The number of rotatable bonds is 5. The number of nitrogens with zero attached hydrogens (tertiary/aromatic N) is 8. The molecule has 3 aromatic heterocycles. The van der Waals surface area contributed by atoms with E-state index in [1.807, 2.05) is 45.0 Å². The Morgan fingerprint density at radius 1 is 1.12 bits per heavy atom. The molecule has 3 aliphatic rings. The Bertz CT molecular complexity index is 1480. The number of fused-ring (bicyclic) bond motifs is 2. The van der Waals surface area contributed by atoms with Crippen molar-refractivity contribution >= 4 is 23.6 Å². The molecule has 0 aliphatic carbocycles. The van der Waals surface area contributed by atoms with Gasteiger partial charge in [-0.15, -0.1) is 10.2 Å². The second kappa shape index (κ2) is 9.87. The zero-order chi connectivity index (χ0) is 28.2. The Morgan fingerprint density at radius 2 is 1.95 bits per heavy atom. The van der Waals surface area contributed by atoms with Gasteiger partial charge in [0.2, 0.25) is 0 Å². The first-order valence-corrected chi connectivity index (χ1v) is 14.0. The molecular formula is C29H36N8O3. The van der Waals surface area contributed by atoms with Crippen LogP contribution in [0.3, 0.4) is 0 Å². The molecule has 0 N–H and O–H groups in total. The quantitative estimate of drug-likeness (QED) is 0.470. The third-order valence-electron chi connectivity index (χ3n) is 7.78. The second-order valence-corrected chi connectivity index (χ2v) is 11.9. The number of aromatic nitrogens is 5. The first-order valence-electron chi connectivity index (χ1n) is 14.0. The van der Waals surface area contributed by atoms with E-state index in [0.717, 1.165) is 61.8 Å². The molecule has 0 aromatic carbocycles. The minimum absolute atomic E-state index is 0.122. The molecule has 3 aliphatic heterocycles. The molecule has 11 nitrogen and oxygen atoms in total. The number of hydrogen-bond donors (Lipinski definition) is 0. The molecule has 0 saturated carbocycles. The van der Waals surface area contributed by atoms with Crippen LogP contribution in [0.5, 0.6) is 0 Å². The summed E-state index contributed by atoms with van der Waals surface area (Å²) in [7, 11) is 1.70. The van der Waals surface area contributed by atoms with Gasteiger partial charge in [0, 0.05) is 38.2 Å². The molecule has 1 unspecified atom stereocenters. The normalized spacial score (nSPS) is 18.3. The summed E-state index contributed by atoms with van der Waals surface area (Å²) in [6, 6.07) is 7.89. The van der Waals surface area contributed by atoms with Crippen molar-refractivity contribution in [1.29, 1.82) is 0 Å². The lowest BCUT2D eigenvalue weighted by atomic mass is 10.1. The van der Waals surface area contributed by atoms with Crippen molar-refractivity contribution in [3.05, 3.63) is 46.9 Å². The third-order valence-corrected chi connectivity index (χ3v) is 7.78. The van der Waals surface area contributed by atoms with Crippen molar-refractivity contribution in [1.82, 2.24) is 29.6 Å². The molecule has 3 aromatic rings. The zero-order valence-electron chi connectivity index (χ0n) is 23.8. The number of hydrogen-bond acceptors (Lipinski definition) is 8. The van der Waals surface area contributed by atoms with Crippen molar-refractivity contribution in [3.63, 3.8) is 0 Å². The van der Waals surface area contributed by atoms with E-state index in [0.29, 0.717) is 35.4 Å². The number of anilines is 2. The van der Waals surface area contributed by atoms with Gasteiger partial charge in [-0.1, -0.05) is 6.07 Å². The van der Waals surface area contributed by atoms with Crippen LogP contribution < -0.4 is 9.80 Å². The first-order chi connectivity index (χ1) is 19.1. The van der Waals surface area contributed by atoms with Gasteiger partial charge in [0.25, 0.3) is 5.91 Å². The van der Waals surface area contributed by atoms with E-state index in [1.165, 1.54) is 4.90 Å². The summed E-state index contributed by atoms with van der Waals surface area (Å²) in [6.45, 7) is 10.0. The standard InChI is InChI=1S/C29H36N8O3/c1-18-9-7-13-35(18)25-15-19-20(22(31-25)17-34(5)28(39)40-29(2,3)4)16-37(27(19)38)23-11-6-10-21(30-23)26-33-32-24-12-8-14-36(24)26/h6,10-11,15,18H,7-9,12-14,16-17H2,1-5H3. The molecule has 6 heterocycles. The fraction of sp³-hybridized carbons (Fsp3) is 0.517. The summed E-state index contributed by atoms with van der Waals surface area (Å²) in [5.41, 5.74) is 2.19. The summed E-state index contributed by atoms with van der Waals surface area (Å²) in [5, 5.41) is 8.68. The molecular weight excluding hydrogens is 508 g/mol. The average molecular weight is 545 g/mol. The van der Waals surface area contributed by atoms with Gasteiger partial charge in [0.05, 0.1) is 24.3 Å². The number of ether oxygens (including phenoxy) is 1. The Hall–Kier alpha value is -4.02. The van der Waals surface area contributed by atoms with Crippen molar-refractivity contribution < 1.29 is 14.3 Å². The van der Waals surface area contributed by atoms with Crippen LogP contribution in [0.25, 0.3) is 11.5 Å². The summed E-state index contributed by atoms with van der Waals surface area (Å²) in [5.74, 6) is 2.90. The molecule has 1 saturated heterocycles. The van der Waals surface area contributed by atoms with Gasteiger partial charge in [0.1, 0.15) is 28.8 Å². The van der Waals surface area contributed by atoms with Crippen molar-refractivity contribution in [3.8, 4) is 11.5 Å². The van der Waals surface area contributed by atoms with Crippen molar-refractivity contribution in [2.75, 3.05) is 23.4 Å². The number of carbonyl (C=O) groups is 2. The van der Waals surface area contributed by atoms with Crippen LogP contribution in [-0.2, 0) is 30.8 Å². The van der Waals surface area contributed by atoms with Crippen LogP contribution in [-0.4, -0.2) is 66.9 Å². The van der Waals surface area contributed by atoms with E-state index in [1.54, 1.807) is 11.9 Å². The van der Waals surface area contributed by atoms with Gasteiger partial charge in [0.15, 0.2) is 5.82 Å². The van der Waals surface area contributed by atoms with Crippen LogP contribution in [0.15, 0.2) is 24.3 Å². The number of carbonyl (C=O) groups excluding carboxylic acids is 2. The Morgan fingerprint density at radius 3 is 2.70 bits per heavy atom. The van der Waals surface area contributed by atoms with Crippen LogP contribution in [0, 0.1) is 0 Å². The van der Waals surface area contributed by atoms with Crippen LogP contribution in [0.4, 0.5) is 16.4 Å². The molecule has 210 valence electrons. The van der Waals surface area contributed by atoms with Crippen molar-refractivity contribution in [2.24, 2.45) is 0 Å². The highest BCUT2D eigenvalue weighted by Gasteiger charge is 2.35. The molecule has 0 radical (unpaired) electrons. The second-order valence-electron chi connectivity index (χ2n) is 11.9. The van der Waals surface area contributed by atoms with E-state index in [-0.39, 0.29) is 12.5 Å². The van der Waals surface area contributed by atoms with Crippen LogP contribution in [0.2, 0.25) is 0 Å². The molecule has 1 fully saturated rings. The van der Waals surface area contributed by atoms with E-state index >= 15 is 0 Å². The Labute approximate surface area is 234 Å². The molecule has 2 amide bonds. The van der Waals surface area contributed by atoms with E-state index in [4.69, 9.17) is 14.7 Å². The van der Waals surface area contributed by atoms with E-state index in [9.17, 15) is 9.59 Å². The van der Waals surface area contributed by atoms with Gasteiger partial charge >= 0.3 is 6.09 Å². The predicted molar refractivity (Wildman–Crippen MR) is 150 cm³/mol. The topological polar surface area (TPSA) is 110 Å². The lowest BCUT2D eigenvalue weighted by Gasteiger charge is -2.26. The van der Waals surface area contributed by atoms with Gasteiger partial charge in [-0.25, -0.2) is 14.8 Å². The smallest absolute Gasteiger partial charge is 0.410 e. The molecule has 0 spiro atoms. The zero-order valence-corrected chi connectivity index (χ0v) is 23.8. The summed E-state index contributed by atoms with van der Waals surface area (Å²) in [4.78, 5) is 42.0. The summed E-state index contributed by atoms with van der Waals surface area (Å²) < 4.78 is 7.68. The largest absolute Gasteiger partial charge is 0.444 e.